The summed E-state index contributed by atoms with van der Waals surface area (Å²) in [5, 5.41) is 7.45. The van der Waals surface area contributed by atoms with E-state index in [1.807, 2.05) is 30.3 Å². The van der Waals surface area contributed by atoms with E-state index < -0.39 is 5.91 Å². The molecule has 4 rings (SSSR count). The Morgan fingerprint density at radius 2 is 2.10 bits per heavy atom. The molecule has 1 aliphatic carbocycles. The molecular weight excluding hydrogens is 390 g/mol. The van der Waals surface area contributed by atoms with E-state index in [2.05, 4.69) is 34.3 Å². The van der Waals surface area contributed by atoms with E-state index in [-0.39, 0.29) is 0 Å². The van der Waals surface area contributed by atoms with Gasteiger partial charge in [-0.15, -0.1) is 0 Å². The molecule has 1 amide bonds. The Balaban J connectivity index is 1.64. The predicted octanol–water partition coefficient (Wildman–Crippen LogP) is 3.91. The third-order valence-electron chi connectivity index (χ3n) is 6.19. The first-order valence-corrected chi connectivity index (χ1v) is 10.8. The summed E-state index contributed by atoms with van der Waals surface area (Å²) in [6, 6.07) is 11.8. The fraction of sp³-hybridized carbons (Fsp3) is 0.391. The van der Waals surface area contributed by atoms with Gasteiger partial charge in [0.2, 0.25) is 0 Å². The number of hydrogen-bond acceptors (Lipinski definition) is 6. The maximum atomic E-state index is 12.1. The lowest BCUT2D eigenvalue weighted by Gasteiger charge is -2.38. The van der Waals surface area contributed by atoms with Crippen molar-refractivity contribution in [2.24, 2.45) is 11.7 Å². The van der Waals surface area contributed by atoms with Gasteiger partial charge in [-0.25, -0.2) is 14.6 Å². The van der Waals surface area contributed by atoms with E-state index in [1.54, 1.807) is 17.1 Å². The van der Waals surface area contributed by atoms with E-state index in [0.29, 0.717) is 23.3 Å². The second kappa shape index (κ2) is 9.16. The molecule has 0 saturated heterocycles. The zero-order chi connectivity index (χ0) is 21.8. The number of carbonyl (C=O) groups excluding carboxylic acids is 1. The van der Waals surface area contributed by atoms with E-state index in [0.717, 1.165) is 30.0 Å². The molecule has 8 heteroatoms. The molecule has 8 nitrogen and oxygen atoms in total. The van der Waals surface area contributed by atoms with Crippen LogP contribution in [0, 0.1) is 5.92 Å². The van der Waals surface area contributed by atoms with E-state index in [9.17, 15) is 4.79 Å². The number of nitrogens with two attached hydrogens (primary N) is 1. The van der Waals surface area contributed by atoms with E-state index in [4.69, 9.17) is 10.7 Å². The van der Waals surface area contributed by atoms with Crippen LogP contribution in [-0.4, -0.2) is 38.7 Å². The highest BCUT2D eigenvalue weighted by Gasteiger charge is 2.28. The van der Waals surface area contributed by atoms with Crippen molar-refractivity contribution in [1.82, 2.24) is 19.7 Å². The number of anilines is 3. The minimum absolute atomic E-state index is 0.360. The number of benzene rings is 1. The first-order chi connectivity index (χ1) is 15.1. The number of rotatable bonds is 7. The topological polar surface area (TPSA) is 102 Å². The Hall–Kier alpha value is -3.42. The maximum absolute atomic E-state index is 12.1. The van der Waals surface area contributed by atoms with E-state index >= 15 is 0 Å². The third-order valence-corrected chi connectivity index (χ3v) is 6.19. The van der Waals surface area contributed by atoms with Crippen LogP contribution >= 0.6 is 0 Å². The first-order valence-electron chi connectivity index (χ1n) is 10.8. The van der Waals surface area contributed by atoms with Crippen LogP contribution in [0.4, 0.5) is 17.3 Å². The van der Waals surface area contributed by atoms with Crippen LogP contribution in [0.1, 0.15) is 49.4 Å². The minimum atomic E-state index is -0.513. The van der Waals surface area contributed by atoms with Crippen molar-refractivity contribution in [3.63, 3.8) is 0 Å². The highest BCUT2D eigenvalue weighted by molar-refractivity contribution is 5.98. The Kier molecular flexibility index (Phi) is 6.16. The Labute approximate surface area is 182 Å². The molecule has 1 aromatic carbocycles. The number of hydrogen-bond donors (Lipinski definition) is 2. The number of nitrogens with zero attached hydrogens (tertiary/aromatic N) is 5. The van der Waals surface area contributed by atoms with Crippen LogP contribution in [-0.2, 0) is 0 Å². The van der Waals surface area contributed by atoms with Crippen LogP contribution in [0.25, 0.3) is 5.69 Å². The van der Waals surface area contributed by atoms with E-state index in [1.165, 1.54) is 25.6 Å². The molecule has 31 heavy (non-hydrogen) atoms. The minimum Gasteiger partial charge on any atom is -0.365 e. The van der Waals surface area contributed by atoms with Crippen molar-refractivity contribution < 1.29 is 4.79 Å². The molecule has 162 valence electrons. The average Bonchev–Trinajstić information content (AvgIpc) is 3.33. The molecule has 1 fully saturated rings. The van der Waals surface area contributed by atoms with Gasteiger partial charge in [0.1, 0.15) is 24.3 Å². The van der Waals surface area contributed by atoms with Gasteiger partial charge in [-0.1, -0.05) is 32.3 Å². The van der Waals surface area contributed by atoms with Crippen LogP contribution < -0.4 is 16.0 Å². The van der Waals surface area contributed by atoms with Crippen molar-refractivity contribution in [2.45, 2.75) is 45.1 Å². The van der Waals surface area contributed by atoms with Gasteiger partial charge >= 0.3 is 0 Å². The molecule has 2 aromatic heterocycles. The van der Waals surface area contributed by atoms with Gasteiger partial charge in [-0.2, -0.15) is 5.10 Å². The fourth-order valence-corrected chi connectivity index (χ4v) is 4.49. The Morgan fingerprint density at radius 1 is 1.26 bits per heavy atom. The van der Waals surface area contributed by atoms with Crippen LogP contribution in [0.15, 0.2) is 49.1 Å². The maximum Gasteiger partial charge on any atom is 0.252 e. The molecule has 1 aliphatic rings. The lowest BCUT2D eigenvalue weighted by atomic mass is 9.82. The number of amides is 1. The summed E-state index contributed by atoms with van der Waals surface area (Å²) in [5.41, 5.74) is 7.63. The van der Waals surface area contributed by atoms with Gasteiger partial charge in [0.25, 0.3) is 5.91 Å². The SMILES string of the molecule is CCC1CCCCC1N(C)c1ccc(C(N)=O)c(Nc2cccc(-n3cncn3)c2)n1. The number of primary amides is 1. The van der Waals surface area contributed by atoms with Crippen molar-refractivity contribution >= 4 is 23.2 Å². The number of nitrogens with one attached hydrogen (secondary N) is 1. The van der Waals surface area contributed by atoms with Gasteiger partial charge in [0.15, 0.2) is 0 Å². The largest absolute Gasteiger partial charge is 0.365 e. The van der Waals surface area contributed by atoms with Crippen LogP contribution in [0.5, 0.6) is 0 Å². The molecule has 2 heterocycles. The van der Waals surface area contributed by atoms with Gasteiger partial charge in [0, 0.05) is 18.8 Å². The van der Waals surface area contributed by atoms with Crippen molar-refractivity contribution in [1.29, 1.82) is 0 Å². The van der Waals surface area contributed by atoms with Gasteiger partial charge < -0.3 is 16.0 Å². The summed E-state index contributed by atoms with van der Waals surface area (Å²) < 4.78 is 1.67. The third kappa shape index (κ3) is 4.52. The monoisotopic (exact) mass is 419 g/mol. The molecule has 0 aliphatic heterocycles. The normalized spacial score (nSPS) is 18.5. The quantitative estimate of drug-likeness (QED) is 0.602. The summed E-state index contributed by atoms with van der Waals surface area (Å²) in [4.78, 5) is 23.1. The zero-order valence-corrected chi connectivity index (χ0v) is 18.0. The summed E-state index contributed by atoms with van der Waals surface area (Å²) in [6.45, 7) is 2.26. The fourth-order valence-electron chi connectivity index (χ4n) is 4.49. The second-order valence-electron chi connectivity index (χ2n) is 8.08. The molecule has 0 spiro atoms. The van der Waals surface area contributed by atoms with Gasteiger partial charge in [-0.05, 0) is 49.1 Å². The van der Waals surface area contributed by atoms with Gasteiger partial charge in [0.05, 0.1) is 11.3 Å². The van der Waals surface area contributed by atoms with Crippen LogP contribution in [0.2, 0.25) is 0 Å². The molecule has 2 atom stereocenters. The molecular formula is C23H29N7O. The summed E-state index contributed by atoms with van der Waals surface area (Å²) in [5.74, 6) is 1.44. The lowest BCUT2D eigenvalue weighted by molar-refractivity contribution is 0.100. The summed E-state index contributed by atoms with van der Waals surface area (Å²) >= 11 is 0. The lowest BCUT2D eigenvalue weighted by Crippen LogP contribution is -2.40. The highest BCUT2D eigenvalue weighted by atomic mass is 16.1. The molecule has 3 aromatic rings. The zero-order valence-electron chi connectivity index (χ0n) is 18.0. The smallest absolute Gasteiger partial charge is 0.252 e. The number of pyridine rings is 1. The second-order valence-corrected chi connectivity index (χ2v) is 8.08. The molecule has 0 radical (unpaired) electrons. The standard InChI is InChI=1S/C23H29N7O/c1-3-16-7-4-5-10-20(16)29(2)21-12-11-19(22(24)31)23(28-21)27-17-8-6-9-18(13-17)30-15-25-14-26-30/h6,8-9,11-16,20H,3-5,7,10H2,1-2H3,(H2,24,31)(H,27,28). The average molecular weight is 420 g/mol. The van der Waals surface area contributed by atoms with Crippen molar-refractivity contribution in [3.8, 4) is 5.69 Å². The molecule has 3 N–H and O–H groups in total. The molecule has 0 bridgehead atoms. The highest BCUT2D eigenvalue weighted by Crippen LogP contribution is 2.33. The first kappa shape index (κ1) is 20.8. The van der Waals surface area contributed by atoms with Crippen LogP contribution in [0.3, 0.4) is 0 Å². The Bertz CT molecular complexity index is 1030. The van der Waals surface area contributed by atoms with Gasteiger partial charge in [-0.3, -0.25) is 4.79 Å². The molecule has 2 unspecified atom stereocenters. The van der Waals surface area contributed by atoms with Crippen molar-refractivity contribution in [3.05, 3.63) is 54.6 Å². The molecule has 1 saturated carbocycles. The number of aromatic nitrogens is 4. The Morgan fingerprint density at radius 3 is 2.84 bits per heavy atom. The summed E-state index contributed by atoms with van der Waals surface area (Å²) in [6.07, 6.45) is 9.24. The predicted molar refractivity (Wildman–Crippen MR) is 122 cm³/mol. The summed E-state index contributed by atoms with van der Waals surface area (Å²) in [7, 11) is 2.10. The number of carbonyl (C=O) groups is 1. The van der Waals surface area contributed by atoms with Crippen molar-refractivity contribution in [2.75, 3.05) is 17.3 Å².